The Balaban J connectivity index is 1.90. The van der Waals surface area contributed by atoms with Crippen LogP contribution in [-0.4, -0.2) is 15.5 Å². The smallest absolute Gasteiger partial charge is 0.225 e. The lowest BCUT2D eigenvalue weighted by atomic mass is 10.0. The van der Waals surface area contributed by atoms with Crippen molar-refractivity contribution < 1.29 is 13.6 Å². The molecule has 26 heavy (non-hydrogen) atoms. The van der Waals surface area contributed by atoms with Crippen LogP contribution in [0.4, 0.5) is 8.78 Å². The Hall–Kier alpha value is -2.73. The van der Waals surface area contributed by atoms with Crippen LogP contribution in [-0.2, 0) is 18.3 Å². The van der Waals surface area contributed by atoms with E-state index < -0.39 is 23.6 Å². The van der Waals surface area contributed by atoms with Crippen molar-refractivity contribution in [3.05, 3.63) is 88.5 Å². The highest BCUT2D eigenvalue weighted by molar-refractivity contribution is 6.31. The first-order chi connectivity index (χ1) is 12.5. The summed E-state index contributed by atoms with van der Waals surface area (Å²) in [6.07, 6.45) is 2.99. The van der Waals surface area contributed by atoms with Gasteiger partial charge in [-0.15, -0.1) is 0 Å². The topological polar surface area (TPSA) is 46.9 Å². The lowest BCUT2D eigenvalue weighted by Crippen LogP contribution is -2.33. The Morgan fingerprint density at radius 2 is 1.92 bits per heavy atom. The number of hydrogen-bond acceptors (Lipinski definition) is 2. The molecule has 134 valence electrons. The highest BCUT2D eigenvalue weighted by Gasteiger charge is 2.24. The van der Waals surface area contributed by atoms with Gasteiger partial charge in [0.25, 0.3) is 0 Å². The molecule has 3 rings (SSSR count). The van der Waals surface area contributed by atoms with Crippen LogP contribution in [0, 0.1) is 11.6 Å². The van der Waals surface area contributed by atoms with Crippen LogP contribution >= 0.6 is 11.6 Å². The van der Waals surface area contributed by atoms with Crippen molar-refractivity contribution in [1.29, 1.82) is 0 Å². The largest absolute Gasteiger partial charge is 0.342 e. The summed E-state index contributed by atoms with van der Waals surface area (Å²) in [5.41, 5.74) is 0.369. The van der Waals surface area contributed by atoms with E-state index >= 15 is 0 Å². The number of nitrogens with one attached hydrogen (secondary N) is 1. The van der Waals surface area contributed by atoms with E-state index in [1.165, 1.54) is 24.3 Å². The molecule has 0 aliphatic carbocycles. The zero-order valence-electron chi connectivity index (χ0n) is 13.9. The highest BCUT2D eigenvalue weighted by Crippen LogP contribution is 2.24. The van der Waals surface area contributed by atoms with E-state index in [1.54, 1.807) is 42.2 Å². The molecule has 0 spiro atoms. The maximum atomic E-state index is 14.3. The van der Waals surface area contributed by atoms with Gasteiger partial charge in [0.05, 0.1) is 6.42 Å². The van der Waals surface area contributed by atoms with Gasteiger partial charge in [0, 0.05) is 35.6 Å². The normalized spacial score (nSPS) is 12.0. The molecule has 1 N–H and O–H groups in total. The second-order valence-corrected chi connectivity index (χ2v) is 6.20. The third-order valence-corrected chi connectivity index (χ3v) is 4.39. The van der Waals surface area contributed by atoms with E-state index in [9.17, 15) is 13.6 Å². The predicted molar refractivity (Wildman–Crippen MR) is 94.7 cm³/mol. The molecule has 0 unspecified atom stereocenters. The van der Waals surface area contributed by atoms with Crippen molar-refractivity contribution in [3.8, 4) is 0 Å². The number of imidazole rings is 1. The number of carbonyl (C=O) groups is 1. The molecule has 0 aliphatic rings. The van der Waals surface area contributed by atoms with Gasteiger partial charge in [-0.3, -0.25) is 4.79 Å². The summed E-state index contributed by atoms with van der Waals surface area (Å²) in [5.74, 6) is -1.06. The zero-order chi connectivity index (χ0) is 18.7. The summed E-state index contributed by atoms with van der Waals surface area (Å²) in [7, 11) is 1.75. The number of aromatic nitrogens is 2. The number of carbonyl (C=O) groups excluding carboxylic acids is 1. The average Bonchev–Trinajstić information content (AvgIpc) is 3.03. The summed E-state index contributed by atoms with van der Waals surface area (Å²) < 4.78 is 29.9. The number of rotatable bonds is 5. The van der Waals surface area contributed by atoms with Crippen LogP contribution in [0.2, 0.25) is 5.02 Å². The molecular formula is C19H16ClF2N3O. The lowest BCUT2D eigenvalue weighted by molar-refractivity contribution is -0.121. The lowest BCUT2D eigenvalue weighted by Gasteiger charge is -2.20. The first kappa shape index (κ1) is 18.1. The summed E-state index contributed by atoms with van der Waals surface area (Å²) >= 11 is 5.98. The number of hydrogen-bond donors (Lipinski definition) is 1. The zero-order valence-corrected chi connectivity index (χ0v) is 14.7. The third-order valence-electron chi connectivity index (χ3n) is 4.04. The molecule has 0 saturated heterocycles. The Bertz CT molecular complexity index is 922. The van der Waals surface area contributed by atoms with E-state index in [0.717, 1.165) is 0 Å². The van der Waals surface area contributed by atoms with E-state index in [0.29, 0.717) is 5.82 Å². The minimum absolute atomic E-state index is 0.0961. The Kier molecular flexibility index (Phi) is 5.32. The van der Waals surface area contributed by atoms with Crippen molar-refractivity contribution in [1.82, 2.24) is 14.9 Å². The van der Waals surface area contributed by atoms with Gasteiger partial charge in [-0.1, -0.05) is 35.9 Å². The predicted octanol–water partition coefficient (Wildman–Crippen LogP) is 3.80. The Morgan fingerprint density at radius 3 is 2.58 bits per heavy atom. The fraction of sp³-hybridized carbons (Fsp3) is 0.158. The van der Waals surface area contributed by atoms with Crippen molar-refractivity contribution in [3.63, 3.8) is 0 Å². The van der Waals surface area contributed by atoms with Crippen molar-refractivity contribution in [2.24, 2.45) is 7.05 Å². The monoisotopic (exact) mass is 375 g/mol. The van der Waals surface area contributed by atoms with Gasteiger partial charge >= 0.3 is 0 Å². The molecule has 1 heterocycles. The summed E-state index contributed by atoms with van der Waals surface area (Å²) in [5, 5.41) is 2.90. The van der Waals surface area contributed by atoms with Crippen molar-refractivity contribution in [2.45, 2.75) is 12.5 Å². The minimum atomic E-state index is -0.811. The van der Waals surface area contributed by atoms with Crippen LogP contribution in [0.25, 0.3) is 0 Å². The van der Waals surface area contributed by atoms with Gasteiger partial charge in [-0.2, -0.15) is 0 Å². The standard InChI is InChI=1S/C19H16ClF2N3O/c1-25-10-9-23-19(25)18(12-5-2-3-7-15(12)21)24-17(26)11-13-14(20)6-4-8-16(13)22/h2-10,18H,11H2,1H3,(H,24,26)/t18-/m0/s1. The SMILES string of the molecule is Cn1ccnc1[C@@H](NC(=O)Cc1c(F)cccc1Cl)c1ccccc1F. The maximum absolute atomic E-state index is 14.3. The molecule has 0 fully saturated rings. The highest BCUT2D eigenvalue weighted by atomic mass is 35.5. The van der Waals surface area contributed by atoms with E-state index in [-0.39, 0.29) is 22.6 Å². The molecule has 3 aromatic rings. The Labute approximate surface area is 154 Å². The molecular weight excluding hydrogens is 360 g/mol. The summed E-state index contributed by atoms with van der Waals surface area (Å²) in [6, 6.07) is 9.53. The van der Waals surface area contributed by atoms with Gasteiger partial charge < -0.3 is 9.88 Å². The second-order valence-electron chi connectivity index (χ2n) is 5.80. The second kappa shape index (κ2) is 7.66. The fourth-order valence-electron chi connectivity index (χ4n) is 2.72. The fourth-order valence-corrected chi connectivity index (χ4v) is 2.95. The van der Waals surface area contributed by atoms with Crippen LogP contribution in [0.1, 0.15) is 23.0 Å². The van der Waals surface area contributed by atoms with E-state index in [4.69, 9.17) is 11.6 Å². The molecule has 0 aliphatic heterocycles. The summed E-state index contributed by atoms with van der Waals surface area (Å²) in [6.45, 7) is 0. The third kappa shape index (κ3) is 3.75. The van der Waals surface area contributed by atoms with Crippen LogP contribution in [0.3, 0.4) is 0 Å². The average molecular weight is 376 g/mol. The molecule has 0 saturated carbocycles. The molecule has 4 nitrogen and oxygen atoms in total. The summed E-state index contributed by atoms with van der Waals surface area (Å²) in [4.78, 5) is 16.7. The van der Waals surface area contributed by atoms with Gasteiger partial charge in [0.1, 0.15) is 23.5 Å². The number of aryl methyl sites for hydroxylation is 1. The van der Waals surface area contributed by atoms with Gasteiger partial charge in [-0.25, -0.2) is 13.8 Å². The van der Waals surface area contributed by atoms with E-state index in [2.05, 4.69) is 10.3 Å². The first-order valence-corrected chi connectivity index (χ1v) is 8.29. The van der Waals surface area contributed by atoms with Gasteiger partial charge in [-0.05, 0) is 18.2 Å². The van der Waals surface area contributed by atoms with Gasteiger partial charge in [0.15, 0.2) is 0 Å². The molecule has 0 radical (unpaired) electrons. The molecule has 0 bridgehead atoms. The maximum Gasteiger partial charge on any atom is 0.225 e. The number of halogens is 3. The first-order valence-electron chi connectivity index (χ1n) is 7.91. The number of amides is 1. The van der Waals surface area contributed by atoms with Crippen molar-refractivity contribution in [2.75, 3.05) is 0 Å². The van der Waals surface area contributed by atoms with Crippen LogP contribution in [0.5, 0.6) is 0 Å². The molecule has 2 aromatic carbocycles. The molecule has 7 heteroatoms. The molecule has 1 amide bonds. The molecule has 1 aromatic heterocycles. The van der Waals surface area contributed by atoms with Crippen LogP contribution < -0.4 is 5.32 Å². The van der Waals surface area contributed by atoms with Crippen molar-refractivity contribution >= 4 is 17.5 Å². The Morgan fingerprint density at radius 1 is 1.19 bits per heavy atom. The van der Waals surface area contributed by atoms with E-state index in [1.807, 2.05) is 0 Å². The molecule has 1 atom stereocenters. The minimum Gasteiger partial charge on any atom is -0.342 e. The van der Waals surface area contributed by atoms with Gasteiger partial charge in [0.2, 0.25) is 5.91 Å². The van der Waals surface area contributed by atoms with Crippen LogP contribution in [0.15, 0.2) is 54.9 Å². The quantitative estimate of drug-likeness (QED) is 0.737. The number of benzene rings is 2. The number of nitrogens with zero attached hydrogens (tertiary/aromatic N) is 2.